The second-order valence-electron chi connectivity index (χ2n) is 4.95. The van der Waals surface area contributed by atoms with E-state index in [-0.39, 0.29) is 0 Å². The number of hydrogen-bond acceptors (Lipinski definition) is 2. The lowest BCUT2D eigenvalue weighted by atomic mass is 9.96. The van der Waals surface area contributed by atoms with E-state index in [1.165, 1.54) is 0 Å². The lowest BCUT2D eigenvalue weighted by Crippen LogP contribution is -2.08. The maximum Gasteiger partial charge on any atom is 0.336 e. The van der Waals surface area contributed by atoms with Crippen LogP contribution in [0.1, 0.15) is 47.3 Å². The fraction of sp³-hybridized carbons (Fsp3) is 0.333. The predicted octanol–water partition coefficient (Wildman–Crippen LogP) is 4.03. The number of carboxylic acids is 1. The Hall–Kier alpha value is -1.61. The molecule has 1 heterocycles. The number of carboxylic acid groups (broad SMARTS) is 1. The Kier molecular flexibility index (Phi) is 2.94. The summed E-state index contributed by atoms with van der Waals surface area (Å²) in [5.41, 5.74) is 2.93. The van der Waals surface area contributed by atoms with Crippen molar-refractivity contribution in [1.29, 1.82) is 0 Å². The van der Waals surface area contributed by atoms with Gasteiger partial charge in [-0.25, -0.2) is 4.79 Å². The number of pyridine rings is 1. The standard InChI is InChI=1S/C15H14ClNO2/c1-2-10-13(15(18)19)11-7-9(16)5-6-12(11)17-14(10)8-3-4-8/h5-8H,2-4H2,1H3,(H,18,19). The Bertz CT molecular complexity index is 677. The molecule has 2 aromatic rings. The quantitative estimate of drug-likeness (QED) is 0.920. The molecule has 1 aromatic carbocycles. The Morgan fingerprint density at radius 2 is 2.21 bits per heavy atom. The molecule has 98 valence electrons. The third kappa shape index (κ3) is 2.08. The van der Waals surface area contributed by atoms with Gasteiger partial charge in [0, 0.05) is 22.0 Å². The minimum atomic E-state index is -0.895. The Morgan fingerprint density at radius 1 is 1.47 bits per heavy atom. The summed E-state index contributed by atoms with van der Waals surface area (Å²) in [5, 5.41) is 10.7. The normalized spacial score (nSPS) is 14.8. The SMILES string of the molecule is CCc1c(C2CC2)nc2ccc(Cl)cc2c1C(=O)O. The second kappa shape index (κ2) is 4.49. The van der Waals surface area contributed by atoms with Crippen molar-refractivity contribution in [3.63, 3.8) is 0 Å². The van der Waals surface area contributed by atoms with Gasteiger partial charge in [-0.1, -0.05) is 18.5 Å². The van der Waals surface area contributed by atoms with Crippen molar-refractivity contribution in [2.24, 2.45) is 0 Å². The molecule has 3 nitrogen and oxygen atoms in total. The van der Waals surface area contributed by atoms with Crippen molar-refractivity contribution < 1.29 is 9.90 Å². The minimum Gasteiger partial charge on any atom is -0.478 e. The van der Waals surface area contributed by atoms with Crippen LogP contribution in [0.5, 0.6) is 0 Å². The molecule has 3 rings (SSSR count). The van der Waals surface area contributed by atoms with Crippen LogP contribution in [-0.4, -0.2) is 16.1 Å². The number of rotatable bonds is 3. The molecule has 0 unspecified atom stereocenters. The fourth-order valence-electron chi connectivity index (χ4n) is 2.59. The van der Waals surface area contributed by atoms with E-state index in [0.29, 0.717) is 28.3 Å². The average molecular weight is 276 g/mol. The van der Waals surface area contributed by atoms with E-state index in [9.17, 15) is 9.90 Å². The number of aromatic nitrogens is 1. The minimum absolute atomic E-state index is 0.372. The first-order valence-corrected chi connectivity index (χ1v) is 6.85. The highest BCUT2D eigenvalue weighted by atomic mass is 35.5. The molecule has 0 spiro atoms. The number of halogens is 1. The van der Waals surface area contributed by atoms with E-state index in [4.69, 9.17) is 11.6 Å². The number of aromatic carboxylic acids is 1. The molecule has 1 saturated carbocycles. The molecule has 0 radical (unpaired) electrons. The average Bonchev–Trinajstić information content (AvgIpc) is 3.20. The summed E-state index contributed by atoms with van der Waals surface area (Å²) >= 11 is 5.98. The second-order valence-corrected chi connectivity index (χ2v) is 5.38. The summed E-state index contributed by atoms with van der Waals surface area (Å²) in [6, 6.07) is 5.25. The predicted molar refractivity (Wildman–Crippen MR) is 75.1 cm³/mol. The topological polar surface area (TPSA) is 50.2 Å². The molecule has 1 aliphatic carbocycles. The molecule has 4 heteroatoms. The van der Waals surface area contributed by atoms with E-state index in [0.717, 1.165) is 29.6 Å². The zero-order valence-electron chi connectivity index (χ0n) is 10.6. The van der Waals surface area contributed by atoms with E-state index < -0.39 is 5.97 Å². The zero-order chi connectivity index (χ0) is 13.6. The van der Waals surface area contributed by atoms with Crippen LogP contribution in [0, 0.1) is 0 Å². The van der Waals surface area contributed by atoms with Gasteiger partial charge in [-0.3, -0.25) is 4.98 Å². The maximum atomic E-state index is 11.6. The summed E-state index contributed by atoms with van der Waals surface area (Å²) in [6.45, 7) is 1.98. The van der Waals surface area contributed by atoms with E-state index >= 15 is 0 Å². The molecule has 0 amide bonds. The number of benzene rings is 1. The summed E-state index contributed by atoms with van der Waals surface area (Å²) in [6.07, 6.45) is 2.90. The molecule has 0 aliphatic heterocycles. The summed E-state index contributed by atoms with van der Waals surface area (Å²) in [7, 11) is 0. The number of nitrogens with zero attached hydrogens (tertiary/aromatic N) is 1. The highest BCUT2D eigenvalue weighted by Gasteiger charge is 2.30. The van der Waals surface area contributed by atoms with Gasteiger partial charge in [-0.15, -0.1) is 0 Å². The summed E-state index contributed by atoms with van der Waals surface area (Å²) in [4.78, 5) is 16.3. The first-order valence-electron chi connectivity index (χ1n) is 6.47. The van der Waals surface area contributed by atoms with Crippen LogP contribution in [-0.2, 0) is 6.42 Å². The fourth-order valence-corrected chi connectivity index (χ4v) is 2.76. The molecule has 0 bridgehead atoms. The van der Waals surface area contributed by atoms with Crippen LogP contribution in [0.25, 0.3) is 10.9 Å². The molecule has 1 aromatic heterocycles. The van der Waals surface area contributed by atoms with Crippen molar-refractivity contribution in [3.05, 3.63) is 40.0 Å². The van der Waals surface area contributed by atoms with Gasteiger partial charge in [0.15, 0.2) is 0 Å². The van der Waals surface area contributed by atoms with Gasteiger partial charge in [0.25, 0.3) is 0 Å². The maximum absolute atomic E-state index is 11.6. The van der Waals surface area contributed by atoms with Crippen molar-refractivity contribution >= 4 is 28.5 Å². The smallest absolute Gasteiger partial charge is 0.336 e. The van der Waals surface area contributed by atoms with Crippen LogP contribution >= 0.6 is 11.6 Å². The largest absolute Gasteiger partial charge is 0.478 e. The van der Waals surface area contributed by atoms with Gasteiger partial charge >= 0.3 is 5.97 Å². The van der Waals surface area contributed by atoms with E-state index in [1.54, 1.807) is 18.2 Å². The van der Waals surface area contributed by atoms with Gasteiger partial charge in [-0.2, -0.15) is 0 Å². The zero-order valence-corrected chi connectivity index (χ0v) is 11.4. The van der Waals surface area contributed by atoms with Gasteiger partial charge in [-0.05, 0) is 43.0 Å². The number of hydrogen-bond donors (Lipinski definition) is 1. The summed E-state index contributed by atoms with van der Waals surface area (Å²) < 4.78 is 0. The molecule has 0 saturated heterocycles. The van der Waals surface area contributed by atoms with Crippen LogP contribution in [0.3, 0.4) is 0 Å². The van der Waals surface area contributed by atoms with E-state index in [1.807, 2.05) is 6.92 Å². The molecule has 1 aliphatic rings. The van der Waals surface area contributed by atoms with E-state index in [2.05, 4.69) is 4.98 Å². The Balaban J connectivity index is 2.40. The number of carbonyl (C=O) groups is 1. The van der Waals surface area contributed by atoms with Gasteiger partial charge in [0.05, 0.1) is 11.1 Å². The van der Waals surface area contributed by atoms with Gasteiger partial charge in [0.1, 0.15) is 0 Å². The Labute approximate surface area is 116 Å². The molecular weight excluding hydrogens is 262 g/mol. The highest BCUT2D eigenvalue weighted by Crippen LogP contribution is 2.43. The van der Waals surface area contributed by atoms with Gasteiger partial charge < -0.3 is 5.11 Å². The van der Waals surface area contributed by atoms with Crippen molar-refractivity contribution in [2.45, 2.75) is 32.1 Å². The summed E-state index contributed by atoms with van der Waals surface area (Å²) in [5.74, 6) is -0.457. The first-order chi connectivity index (χ1) is 9.11. The number of fused-ring (bicyclic) bond motifs is 1. The van der Waals surface area contributed by atoms with Gasteiger partial charge in [0.2, 0.25) is 0 Å². The Morgan fingerprint density at radius 3 is 2.79 bits per heavy atom. The molecule has 1 N–H and O–H groups in total. The molecule has 19 heavy (non-hydrogen) atoms. The van der Waals surface area contributed by atoms with Crippen molar-refractivity contribution in [3.8, 4) is 0 Å². The lowest BCUT2D eigenvalue weighted by molar-refractivity contribution is 0.0697. The lowest BCUT2D eigenvalue weighted by Gasteiger charge is -2.13. The van der Waals surface area contributed by atoms with Crippen LogP contribution in [0.4, 0.5) is 0 Å². The highest BCUT2D eigenvalue weighted by molar-refractivity contribution is 6.31. The first kappa shape index (κ1) is 12.4. The third-order valence-electron chi connectivity index (χ3n) is 3.61. The van der Waals surface area contributed by atoms with Crippen LogP contribution in [0.15, 0.2) is 18.2 Å². The van der Waals surface area contributed by atoms with Crippen LogP contribution < -0.4 is 0 Å². The van der Waals surface area contributed by atoms with Crippen LogP contribution in [0.2, 0.25) is 5.02 Å². The third-order valence-corrected chi connectivity index (χ3v) is 3.85. The molecular formula is C15H14ClNO2. The molecule has 1 fully saturated rings. The van der Waals surface area contributed by atoms with Crippen molar-refractivity contribution in [2.75, 3.05) is 0 Å². The molecule has 0 atom stereocenters. The monoisotopic (exact) mass is 275 g/mol. The van der Waals surface area contributed by atoms with Crippen molar-refractivity contribution in [1.82, 2.24) is 4.98 Å².